The van der Waals surface area contributed by atoms with Crippen LogP contribution in [0.25, 0.3) is 0 Å². The van der Waals surface area contributed by atoms with Crippen LogP contribution in [0.15, 0.2) is 12.1 Å². The van der Waals surface area contributed by atoms with E-state index >= 15 is 0 Å². The number of benzene rings is 1. The highest BCUT2D eigenvalue weighted by atomic mass is 32.2. The fourth-order valence-electron chi connectivity index (χ4n) is 2.47. The molecule has 0 bridgehead atoms. The molecule has 122 valence electrons. The molecule has 0 radical (unpaired) electrons. The van der Waals surface area contributed by atoms with Crippen molar-refractivity contribution >= 4 is 23.6 Å². The average molecular weight is 323 g/mol. The van der Waals surface area contributed by atoms with Crippen molar-refractivity contribution in [1.82, 2.24) is 5.32 Å². The Morgan fingerprint density at radius 1 is 1.23 bits per heavy atom. The highest BCUT2D eigenvalue weighted by Crippen LogP contribution is 2.17. The lowest BCUT2D eigenvalue weighted by Crippen LogP contribution is -2.44. The first-order valence-electron chi connectivity index (χ1n) is 7.40. The molecule has 0 aliphatic heterocycles. The Balaban J connectivity index is 2.77. The molecule has 1 rings (SSSR count). The van der Waals surface area contributed by atoms with Gasteiger partial charge in [-0.3, -0.25) is 4.79 Å². The van der Waals surface area contributed by atoms with Crippen LogP contribution < -0.4 is 5.32 Å². The molecule has 1 N–H and O–H groups in total. The van der Waals surface area contributed by atoms with Crippen molar-refractivity contribution in [3.8, 4) is 0 Å². The SMILES string of the molecule is CCOC(=O)[C@H](CSC)NC(=O)Cc1c(C)cc(C)cc1C. The zero-order valence-electron chi connectivity index (χ0n) is 14.0. The van der Waals surface area contributed by atoms with Crippen molar-refractivity contribution < 1.29 is 14.3 Å². The Labute approximate surface area is 137 Å². The Morgan fingerprint density at radius 3 is 2.32 bits per heavy atom. The number of amides is 1. The number of carbonyl (C=O) groups is 2. The molecule has 0 fully saturated rings. The fraction of sp³-hybridized carbons (Fsp3) is 0.529. The first-order valence-corrected chi connectivity index (χ1v) is 8.80. The molecule has 0 saturated heterocycles. The monoisotopic (exact) mass is 323 g/mol. The number of esters is 1. The molecule has 0 aliphatic carbocycles. The lowest BCUT2D eigenvalue weighted by atomic mass is 9.97. The van der Waals surface area contributed by atoms with Crippen molar-refractivity contribution in [1.29, 1.82) is 0 Å². The topological polar surface area (TPSA) is 55.4 Å². The van der Waals surface area contributed by atoms with Crippen LogP contribution in [-0.2, 0) is 20.7 Å². The maximum absolute atomic E-state index is 12.3. The summed E-state index contributed by atoms with van der Waals surface area (Å²) in [5.41, 5.74) is 4.41. The van der Waals surface area contributed by atoms with Crippen molar-refractivity contribution in [2.75, 3.05) is 18.6 Å². The summed E-state index contributed by atoms with van der Waals surface area (Å²) in [6.45, 7) is 8.13. The van der Waals surface area contributed by atoms with Crippen LogP contribution in [0.1, 0.15) is 29.2 Å². The first kappa shape index (κ1) is 18.6. The number of hydrogen-bond acceptors (Lipinski definition) is 4. The number of hydrogen-bond donors (Lipinski definition) is 1. The Kier molecular flexibility index (Phi) is 7.45. The quantitative estimate of drug-likeness (QED) is 0.784. The molecule has 4 nitrogen and oxygen atoms in total. The van der Waals surface area contributed by atoms with Gasteiger partial charge in [0.2, 0.25) is 5.91 Å². The largest absolute Gasteiger partial charge is 0.464 e. The normalized spacial score (nSPS) is 11.9. The predicted molar refractivity (Wildman–Crippen MR) is 91.3 cm³/mol. The molecule has 1 aromatic carbocycles. The van der Waals surface area contributed by atoms with Gasteiger partial charge in [0, 0.05) is 5.75 Å². The zero-order chi connectivity index (χ0) is 16.7. The van der Waals surface area contributed by atoms with Crippen LogP contribution in [0.2, 0.25) is 0 Å². The average Bonchev–Trinajstić information content (AvgIpc) is 2.42. The molecule has 1 aromatic rings. The van der Waals surface area contributed by atoms with E-state index in [1.54, 1.807) is 6.92 Å². The smallest absolute Gasteiger partial charge is 0.329 e. The molecule has 0 heterocycles. The Bertz CT molecular complexity index is 520. The van der Waals surface area contributed by atoms with Gasteiger partial charge in [-0.15, -0.1) is 0 Å². The van der Waals surface area contributed by atoms with Gasteiger partial charge in [-0.2, -0.15) is 11.8 Å². The van der Waals surface area contributed by atoms with E-state index in [0.717, 1.165) is 16.7 Å². The molecule has 0 saturated carbocycles. The third kappa shape index (κ3) is 5.37. The number of rotatable bonds is 7. The van der Waals surface area contributed by atoms with Crippen LogP contribution in [0.4, 0.5) is 0 Å². The van der Waals surface area contributed by atoms with E-state index in [1.807, 2.05) is 27.0 Å². The van der Waals surface area contributed by atoms with Gasteiger partial charge in [0.05, 0.1) is 13.0 Å². The first-order chi connectivity index (χ1) is 10.4. The van der Waals surface area contributed by atoms with Gasteiger partial charge in [0.1, 0.15) is 6.04 Å². The fourth-order valence-corrected chi connectivity index (χ4v) is 3.03. The highest BCUT2D eigenvalue weighted by molar-refractivity contribution is 7.98. The second-order valence-electron chi connectivity index (χ2n) is 5.38. The Morgan fingerprint density at radius 2 is 1.82 bits per heavy atom. The minimum Gasteiger partial charge on any atom is -0.464 e. The Hall–Kier alpha value is -1.49. The lowest BCUT2D eigenvalue weighted by Gasteiger charge is -2.17. The van der Waals surface area contributed by atoms with Crippen molar-refractivity contribution in [2.24, 2.45) is 0 Å². The minimum absolute atomic E-state index is 0.151. The van der Waals surface area contributed by atoms with E-state index in [4.69, 9.17) is 4.74 Å². The van der Waals surface area contributed by atoms with Crippen molar-refractivity contribution in [3.05, 3.63) is 34.4 Å². The van der Waals surface area contributed by atoms with E-state index in [-0.39, 0.29) is 18.3 Å². The summed E-state index contributed by atoms with van der Waals surface area (Å²) in [6, 6.07) is 3.55. The molecule has 1 atom stereocenters. The molecular formula is C17H25NO3S. The maximum Gasteiger partial charge on any atom is 0.329 e. The molecular weight excluding hydrogens is 298 g/mol. The van der Waals surface area contributed by atoms with Gasteiger partial charge in [0.15, 0.2) is 0 Å². The molecule has 0 spiro atoms. The summed E-state index contributed by atoms with van der Waals surface area (Å²) in [5.74, 6) is -0.0131. The number of carbonyl (C=O) groups excluding carboxylic acids is 2. The van der Waals surface area contributed by atoms with Crippen LogP contribution >= 0.6 is 11.8 Å². The summed E-state index contributed by atoms with van der Waals surface area (Å²) in [6.07, 6.45) is 2.18. The summed E-state index contributed by atoms with van der Waals surface area (Å²) in [7, 11) is 0. The minimum atomic E-state index is -0.589. The van der Waals surface area contributed by atoms with Crippen molar-refractivity contribution in [2.45, 2.75) is 40.2 Å². The van der Waals surface area contributed by atoms with Gasteiger partial charge >= 0.3 is 5.97 Å². The number of nitrogens with one attached hydrogen (secondary N) is 1. The molecule has 22 heavy (non-hydrogen) atoms. The summed E-state index contributed by atoms with van der Waals surface area (Å²) < 4.78 is 5.00. The predicted octanol–water partition coefficient (Wildman–Crippen LogP) is 2.57. The number of ether oxygens (including phenoxy) is 1. The summed E-state index contributed by atoms with van der Waals surface area (Å²) >= 11 is 1.50. The third-order valence-corrected chi connectivity index (χ3v) is 4.08. The number of aryl methyl sites for hydroxylation is 3. The summed E-state index contributed by atoms with van der Waals surface area (Å²) in [5, 5.41) is 2.79. The maximum atomic E-state index is 12.3. The van der Waals surface area contributed by atoms with Crippen LogP contribution in [0.3, 0.4) is 0 Å². The van der Waals surface area contributed by atoms with E-state index in [2.05, 4.69) is 17.4 Å². The van der Waals surface area contributed by atoms with E-state index in [9.17, 15) is 9.59 Å². The zero-order valence-corrected chi connectivity index (χ0v) is 14.8. The summed E-state index contributed by atoms with van der Waals surface area (Å²) in [4.78, 5) is 24.1. The molecule has 0 aromatic heterocycles. The lowest BCUT2D eigenvalue weighted by molar-refractivity contribution is -0.146. The second kappa shape index (κ2) is 8.83. The van der Waals surface area contributed by atoms with Crippen molar-refractivity contribution in [3.63, 3.8) is 0 Å². The molecule has 5 heteroatoms. The molecule has 0 aliphatic rings. The standard InChI is InChI=1S/C17H25NO3S/c1-6-21-17(20)15(10-22-5)18-16(19)9-14-12(3)7-11(2)8-13(14)4/h7-8,15H,6,9-10H2,1-5H3,(H,18,19)/t15-/m0/s1. The van der Waals surface area contributed by atoms with Crippen LogP contribution in [-0.4, -0.2) is 36.5 Å². The molecule has 0 unspecified atom stereocenters. The third-order valence-electron chi connectivity index (χ3n) is 3.42. The van der Waals surface area contributed by atoms with Gasteiger partial charge in [-0.25, -0.2) is 4.79 Å². The van der Waals surface area contributed by atoms with E-state index in [1.165, 1.54) is 17.3 Å². The van der Waals surface area contributed by atoms with Crippen LogP contribution in [0.5, 0.6) is 0 Å². The van der Waals surface area contributed by atoms with Gasteiger partial charge in [-0.05, 0) is 50.6 Å². The number of thioether (sulfide) groups is 1. The molecule has 1 amide bonds. The van der Waals surface area contributed by atoms with Crippen LogP contribution in [0, 0.1) is 20.8 Å². The van der Waals surface area contributed by atoms with E-state index < -0.39 is 6.04 Å². The van der Waals surface area contributed by atoms with Gasteiger partial charge < -0.3 is 10.1 Å². The van der Waals surface area contributed by atoms with Gasteiger partial charge in [-0.1, -0.05) is 17.7 Å². The second-order valence-corrected chi connectivity index (χ2v) is 6.29. The van der Waals surface area contributed by atoms with E-state index in [0.29, 0.717) is 12.4 Å². The highest BCUT2D eigenvalue weighted by Gasteiger charge is 2.22. The van der Waals surface area contributed by atoms with Gasteiger partial charge in [0.25, 0.3) is 0 Å².